The molecule has 0 amide bonds. The number of hydrogen-bond donors (Lipinski definition) is 2. The summed E-state index contributed by atoms with van der Waals surface area (Å²) in [5.74, 6) is 1.56. The highest BCUT2D eigenvalue weighted by Gasteiger charge is 2.25. The molecule has 1 unspecified atom stereocenters. The van der Waals surface area contributed by atoms with Gasteiger partial charge in [0, 0.05) is 18.2 Å². The third-order valence-electron chi connectivity index (χ3n) is 3.67. The van der Waals surface area contributed by atoms with E-state index in [1.165, 1.54) is 0 Å². The van der Waals surface area contributed by atoms with Crippen molar-refractivity contribution in [3.63, 3.8) is 0 Å². The monoisotopic (exact) mass is 337 g/mol. The maximum atomic E-state index is 6.19. The van der Waals surface area contributed by atoms with Gasteiger partial charge in [-0.05, 0) is 23.1 Å². The number of allylic oxidation sites excluding steroid dienone is 1. The van der Waals surface area contributed by atoms with Crippen molar-refractivity contribution in [2.45, 2.75) is 33.5 Å². The first kappa shape index (κ1) is 17.6. The average molecular weight is 338 g/mol. The number of nitrogens with zero attached hydrogens (tertiary/aromatic N) is 1. The standard InChI is InChI=1S/C17H24ClN3O2/c1-17(2,3)13-9-15(20-21-16(13)18)19-10-11-6-7-12(22-4)8-14(11)23-5/h6-9,15,19-20H,10H2,1-5H3. The summed E-state index contributed by atoms with van der Waals surface area (Å²) in [4.78, 5) is 0. The first-order valence-electron chi connectivity index (χ1n) is 7.51. The Labute approximate surface area is 142 Å². The fourth-order valence-corrected chi connectivity index (χ4v) is 2.74. The number of ether oxygens (including phenoxy) is 2. The number of hydrogen-bond acceptors (Lipinski definition) is 5. The van der Waals surface area contributed by atoms with Crippen molar-refractivity contribution in [1.29, 1.82) is 0 Å². The van der Waals surface area contributed by atoms with Gasteiger partial charge in [-0.25, -0.2) is 0 Å². The van der Waals surface area contributed by atoms with Crippen LogP contribution in [0.5, 0.6) is 11.5 Å². The summed E-state index contributed by atoms with van der Waals surface area (Å²) in [5, 5.41) is 8.10. The molecule has 0 bridgehead atoms. The molecule has 1 aliphatic rings. The van der Waals surface area contributed by atoms with Gasteiger partial charge < -0.3 is 9.47 Å². The number of methoxy groups -OCH3 is 2. The average Bonchev–Trinajstić information content (AvgIpc) is 2.52. The van der Waals surface area contributed by atoms with Gasteiger partial charge in [-0.3, -0.25) is 10.7 Å². The molecule has 0 aliphatic carbocycles. The van der Waals surface area contributed by atoms with E-state index in [0.717, 1.165) is 22.6 Å². The highest BCUT2D eigenvalue weighted by atomic mass is 35.5. The minimum absolute atomic E-state index is 0.0551. The predicted molar refractivity (Wildman–Crippen MR) is 94.1 cm³/mol. The van der Waals surface area contributed by atoms with Gasteiger partial charge in [-0.1, -0.05) is 38.4 Å². The van der Waals surface area contributed by atoms with Crippen molar-refractivity contribution in [1.82, 2.24) is 10.7 Å². The number of rotatable bonds is 5. The van der Waals surface area contributed by atoms with E-state index in [9.17, 15) is 0 Å². The molecule has 0 aromatic heterocycles. The van der Waals surface area contributed by atoms with Crippen molar-refractivity contribution in [2.24, 2.45) is 10.5 Å². The van der Waals surface area contributed by atoms with Gasteiger partial charge in [0.2, 0.25) is 0 Å². The lowest BCUT2D eigenvalue weighted by Gasteiger charge is -2.28. The van der Waals surface area contributed by atoms with Crippen molar-refractivity contribution >= 4 is 16.8 Å². The van der Waals surface area contributed by atoms with E-state index in [1.54, 1.807) is 14.2 Å². The van der Waals surface area contributed by atoms with Crippen LogP contribution in [-0.2, 0) is 6.54 Å². The van der Waals surface area contributed by atoms with E-state index < -0.39 is 0 Å². The van der Waals surface area contributed by atoms with E-state index >= 15 is 0 Å². The van der Waals surface area contributed by atoms with Crippen LogP contribution in [0.2, 0.25) is 0 Å². The second-order valence-electron chi connectivity index (χ2n) is 6.40. The van der Waals surface area contributed by atoms with Gasteiger partial charge in [0.25, 0.3) is 0 Å². The highest BCUT2D eigenvalue weighted by Crippen LogP contribution is 2.29. The largest absolute Gasteiger partial charge is 0.497 e. The molecule has 0 spiro atoms. The smallest absolute Gasteiger partial charge is 0.152 e. The maximum absolute atomic E-state index is 6.19. The Hall–Kier alpha value is -1.72. The number of benzene rings is 1. The molecule has 1 aromatic rings. The minimum Gasteiger partial charge on any atom is -0.497 e. The minimum atomic E-state index is -0.0847. The SMILES string of the molecule is COc1ccc(CNC2C=C(C(C)(C)C)C(Cl)=NN2)c(OC)c1. The summed E-state index contributed by atoms with van der Waals surface area (Å²) in [6.45, 7) is 6.98. The maximum Gasteiger partial charge on any atom is 0.152 e. The van der Waals surface area contributed by atoms with Gasteiger partial charge in [-0.15, -0.1) is 0 Å². The molecule has 126 valence electrons. The number of hydrazone groups is 1. The van der Waals surface area contributed by atoms with Crippen LogP contribution in [0, 0.1) is 5.41 Å². The van der Waals surface area contributed by atoms with Gasteiger partial charge in [0.15, 0.2) is 5.17 Å². The van der Waals surface area contributed by atoms with Crippen LogP contribution < -0.4 is 20.2 Å². The molecule has 23 heavy (non-hydrogen) atoms. The molecule has 1 aliphatic heterocycles. The molecule has 0 saturated heterocycles. The molecule has 1 aromatic carbocycles. The zero-order valence-electron chi connectivity index (χ0n) is 14.2. The second kappa shape index (κ2) is 7.23. The molecule has 0 fully saturated rings. The van der Waals surface area contributed by atoms with E-state index in [2.05, 4.69) is 42.7 Å². The first-order chi connectivity index (χ1) is 10.8. The van der Waals surface area contributed by atoms with Crippen LogP contribution in [0.15, 0.2) is 34.9 Å². The third kappa shape index (κ3) is 4.39. The molecule has 0 saturated carbocycles. The highest BCUT2D eigenvalue weighted by molar-refractivity contribution is 6.69. The summed E-state index contributed by atoms with van der Waals surface area (Å²) >= 11 is 6.19. The summed E-state index contributed by atoms with van der Waals surface area (Å²) in [5.41, 5.74) is 5.02. The quantitative estimate of drug-likeness (QED) is 0.866. The normalized spacial score (nSPS) is 17.9. The Kier molecular flexibility index (Phi) is 5.55. The van der Waals surface area contributed by atoms with Gasteiger partial charge in [0.1, 0.15) is 17.7 Å². The molecular formula is C17H24ClN3O2. The molecule has 5 nitrogen and oxygen atoms in total. The van der Waals surface area contributed by atoms with Crippen molar-refractivity contribution in [3.8, 4) is 11.5 Å². The van der Waals surface area contributed by atoms with Crippen molar-refractivity contribution in [2.75, 3.05) is 14.2 Å². The Morgan fingerprint density at radius 3 is 2.61 bits per heavy atom. The zero-order valence-corrected chi connectivity index (χ0v) is 15.0. The summed E-state index contributed by atoms with van der Waals surface area (Å²) in [6, 6.07) is 5.77. The van der Waals surface area contributed by atoms with Crippen LogP contribution in [0.3, 0.4) is 0 Å². The molecule has 2 rings (SSSR count). The third-order valence-corrected chi connectivity index (χ3v) is 3.96. The van der Waals surface area contributed by atoms with Gasteiger partial charge in [-0.2, -0.15) is 5.10 Å². The molecular weight excluding hydrogens is 314 g/mol. The Morgan fingerprint density at radius 2 is 2.00 bits per heavy atom. The lowest BCUT2D eigenvalue weighted by Crippen LogP contribution is -2.41. The summed E-state index contributed by atoms with van der Waals surface area (Å²) in [7, 11) is 3.29. The molecule has 0 radical (unpaired) electrons. The van der Waals surface area contributed by atoms with Gasteiger partial charge >= 0.3 is 0 Å². The topological polar surface area (TPSA) is 54.9 Å². The molecule has 6 heteroatoms. The van der Waals surface area contributed by atoms with E-state index in [1.807, 2.05) is 18.2 Å². The first-order valence-corrected chi connectivity index (χ1v) is 7.88. The van der Waals surface area contributed by atoms with E-state index in [-0.39, 0.29) is 11.6 Å². The van der Waals surface area contributed by atoms with Crippen LogP contribution in [0.25, 0.3) is 0 Å². The number of halogens is 1. The Morgan fingerprint density at radius 1 is 1.26 bits per heavy atom. The van der Waals surface area contributed by atoms with Crippen molar-refractivity contribution < 1.29 is 9.47 Å². The van der Waals surface area contributed by atoms with E-state index in [0.29, 0.717) is 11.7 Å². The number of nitrogens with one attached hydrogen (secondary N) is 2. The van der Waals surface area contributed by atoms with Crippen LogP contribution in [0.1, 0.15) is 26.3 Å². The molecule has 1 heterocycles. The van der Waals surface area contributed by atoms with Crippen LogP contribution in [0.4, 0.5) is 0 Å². The molecule has 2 N–H and O–H groups in total. The van der Waals surface area contributed by atoms with Crippen LogP contribution in [-0.4, -0.2) is 25.6 Å². The fraction of sp³-hybridized carbons (Fsp3) is 0.471. The summed E-state index contributed by atoms with van der Waals surface area (Å²) in [6.07, 6.45) is 1.99. The lowest BCUT2D eigenvalue weighted by molar-refractivity contribution is 0.387. The lowest BCUT2D eigenvalue weighted by atomic mass is 9.86. The van der Waals surface area contributed by atoms with Crippen molar-refractivity contribution in [3.05, 3.63) is 35.4 Å². The van der Waals surface area contributed by atoms with Gasteiger partial charge in [0.05, 0.1) is 14.2 Å². The summed E-state index contributed by atoms with van der Waals surface area (Å²) < 4.78 is 10.6. The fourth-order valence-electron chi connectivity index (χ4n) is 2.34. The zero-order chi connectivity index (χ0) is 17.0. The molecule has 1 atom stereocenters. The second-order valence-corrected chi connectivity index (χ2v) is 6.76. The Bertz CT molecular complexity index is 621. The van der Waals surface area contributed by atoms with E-state index in [4.69, 9.17) is 21.1 Å². The predicted octanol–water partition coefficient (Wildman–Crippen LogP) is 3.25. The Balaban J connectivity index is 2.08. The van der Waals surface area contributed by atoms with Crippen LogP contribution >= 0.6 is 11.6 Å².